The number of hydrogen-bond donors (Lipinski definition) is 2. The van der Waals surface area contributed by atoms with Gasteiger partial charge >= 0.3 is 11.9 Å². The SMILES string of the molecule is C=CCCC(=O)O.C=CCCC(=O)O.[Zn]. The fourth-order valence-corrected chi connectivity index (χ4v) is 0.451. The summed E-state index contributed by atoms with van der Waals surface area (Å²) in [5, 5.41) is 16.0. The maximum atomic E-state index is 9.71. The van der Waals surface area contributed by atoms with Gasteiger partial charge in [0.15, 0.2) is 0 Å². The molecule has 15 heavy (non-hydrogen) atoms. The van der Waals surface area contributed by atoms with Gasteiger partial charge in [-0.25, -0.2) is 0 Å². The molecule has 0 aliphatic heterocycles. The van der Waals surface area contributed by atoms with Gasteiger partial charge in [-0.15, -0.1) is 13.2 Å². The number of rotatable bonds is 6. The number of carbonyl (C=O) groups is 2. The Kier molecular flexibility index (Phi) is 20.3. The third kappa shape index (κ3) is 32.1. The number of aliphatic carboxylic acids is 2. The average Bonchev–Trinajstić information content (AvgIpc) is 2.12. The number of carboxylic acids is 2. The van der Waals surface area contributed by atoms with Crippen LogP contribution in [0.3, 0.4) is 0 Å². The number of hydrogen-bond acceptors (Lipinski definition) is 2. The van der Waals surface area contributed by atoms with Crippen LogP contribution in [0.5, 0.6) is 0 Å². The van der Waals surface area contributed by atoms with Gasteiger partial charge in [0, 0.05) is 32.3 Å². The summed E-state index contributed by atoms with van der Waals surface area (Å²) in [5.41, 5.74) is 0. The summed E-state index contributed by atoms with van der Waals surface area (Å²) in [7, 11) is 0. The zero-order valence-electron chi connectivity index (χ0n) is 8.82. The molecular weight excluding hydrogens is 249 g/mol. The van der Waals surface area contributed by atoms with E-state index >= 15 is 0 Å². The van der Waals surface area contributed by atoms with E-state index in [9.17, 15) is 9.59 Å². The summed E-state index contributed by atoms with van der Waals surface area (Å²) < 4.78 is 0. The molecule has 0 heterocycles. The molecule has 0 spiro atoms. The molecule has 0 aromatic carbocycles. The Labute approximate surface area is 102 Å². The zero-order chi connectivity index (χ0) is 11.4. The van der Waals surface area contributed by atoms with Crippen molar-refractivity contribution in [3.8, 4) is 0 Å². The predicted octanol–water partition coefficient (Wildman–Crippen LogP) is 2.07. The molecule has 0 aliphatic carbocycles. The van der Waals surface area contributed by atoms with Crippen LogP contribution in [0.2, 0.25) is 0 Å². The average molecular weight is 266 g/mol. The minimum atomic E-state index is -0.764. The zero-order valence-corrected chi connectivity index (χ0v) is 11.8. The fraction of sp³-hybridized carbons (Fsp3) is 0.400. The summed E-state index contributed by atoms with van der Waals surface area (Å²) in [6, 6.07) is 0. The molecule has 0 rings (SSSR count). The van der Waals surface area contributed by atoms with E-state index in [2.05, 4.69) is 13.2 Å². The van der Waals surface area contributed by atoms with Gasteiger partial charge in [-0.3, -0.25) is 9.59 Å². The molecule has 0 radical (unpaired) electrons. The summed E-state index contributed by atoms with van der Waals surface area (Å²) in [5.74, 6) is -1.53. The van der Waals surface area contributed by atoms with Crippen molar-refractivity contribution in [2.75, 3.05) is 0 Å². The van der Waals surface area contributed by atoms with E-state index in [0.29, 0.717) is 12.8 Å². The van der Waals surface area contributed by atoms with Crippen molar-refractivity contribution < 1.29 is 39.3 Å². The maximum Gasteiger partial charge on any atom is 0.303 e. The van der Waals surface area contributed by atoms with E-state index in [1.165, 1.54) is 0 Å². The second kappa shape index (κ2) is 15.5. The van der Waals surface area contributed by atoms with Crippen molar-refractivity contribution in [3.05, 3.63) is 25.3 Å². The Morgan fingerprint density at radius 2 is 1.20 bits per heavy atom. The van der Waals surface area contributed by atoms with Gasteiger partial charge in [-0.05, 0) is 12.8 Å². The maximum absolute atomic E-state index is 9.71. The molecule has 4 nitrogen and oxygen atoms in total. The van der Waals surface area contributed by atoms with Crippen LogP contribution in [0.15, 0.2) is 25.3 Å². The van der Waals surface area contributed by atoms with Gasteiger partial charge < -0.3 is 10.2 Å². The second-order valence-corrected chi connectivity index (χ2v) is 2.44. The Bertz CT molecular complexity index is 180. The van der Waals surface area contributed by atoms with Crippen LogP contribution in [0.25, 0.3) is 0 Å². The van der Waals surface area contributed by atoms with Gasteiger partial charge in [0.1, 0.15) is 0 Å². The molecule has 0 fully saturated rings. The first-order chi connectivity index (χ1) is 6.54. The van der Waals surface area contributed by atoms with Crippen LogP contribution in [0, 0.1) is 0 Å². The van der Waals surface area contributed by atoms with Crippen molar-refractivity contribution in [3.63, 3.8) is 0 Å². The Morgan fingerprint density at radius 1 is 0.933 bits per heavy atom. The molecule has 0 amide bonds. The third-order valence-corrected chi connectivity index (χ3v) is 1.12. The largest absolute Gasteiger partial charge is 0.481 e. The summed E-state index contributed by atoms with van der Waals surface area (Å²) in [6.45, 7) is 6.74. The second-order valence-electron chi connectivity index (χ2n) is 2.44. The number of allylic oxidation sites excluding steroid dienone is 2. The first-order valence-electron chi connectivity index (χ1n) is 4.20. The van der Waals surface area contributed by atoms with Crippen LogP contribution in [0.1, 0.15) is 25.7 Å². The van der Waals surface area contributed by atoms with E-state index in [0.717, 1.165) is 0 Å². The van der Waals surface area contributed by atoms with Crippen molar-refractivity contribution in [2.45, 2.75) is 25.7 Å². The van der Waals surface area contributed by atoms with Crippen molar-refractivity contribution in [2.24, 2.45) is 0 Å². The molecule has 0 aromatic rings. The Morgan fingerprint density at radius 3 is 1.27 bits per heavy atom. The first-order valence-corrected chi connectivity index (χ1v) is 4.20. The summed E-state index contributed by atoms with van der Waals surface area (Å²) >= 11 is 0. The van der Waals surface area contributed by atoms with Crippen molar-refractivity contribution >= 4 is 11.9 Å². The minimum absolute atomic E-state index is 0. The smallest absolute Gasteiger partial charge is 0.303 e. The molecule has 0 aromatic heterocycles. The van der Waals surface area contributed by atoms with Crippen LogP contribution in [0.4, 0.5) is 0 Å². The van der Waals surface area contributed by atoms with E-state index < -0.39 is 11.9 Å². The van der Waals surface area contributed by atoms with Crippen molar-refractivity contribution in [1.82, 2.24) is 0 Å². The van der Waals surface area contributed by atoms with Crippen LogP contribution >= 0.6 is 0 Å². The van der Waals surface area contributed by atoms with Gasteiger partial charge in [0.25, 0.3) is 0 Å². The first kappa shape index (κ1) is 19.6. The summed E-state index contributed by atoms with van der Waals surface area (Å²) in [4.78, 5) is 19.4. The third-order valence-electron chi connectivity index (χ3n) is 1.12. The summed E-state index contributed by atoms with van der Waals surface area (Å²) in [6.07, 6.45) is 4.71. The molecule has 0 aliphatic rings. The molecule has 0 bridgehead atoms. The normalized spacial score (nSPS) is 7.47. The molecule has 0 saturated heterocycles. The van der Waals surface area contributed by atoms with Crippen molar-refractivity contribution in [1.29, 1.82) is 0 Å². The topological polar surface area (TPSA) is 74.6 Å². The predicted molar refractivity (Wildman–Crippen MR) is 54.1 cm³/mol. The van der Waals surface area contributed by atoms with E-state index in [4.69, 9.17) is 10.2 Å². The fourth-order valence-electron chi connectivity index (χ4n) is 0.451. The van der Waals surface area contributed by atoms with Gasteiger partial charge in [0.05, 0.1) is 0 Å². The molecular formula is C10H16O4Zn. The number of carboxylic acid groups (broad SMARTS) is 2. The van der Waals surface area contributed by atoms with Crippen LogP contribution in [-0.2, 0) is 29.1 Å². The van der Waals surface area contributed by atoms with Gasteiger partial charge in [0.2, 0.25) is 0 Å². The van der Waals surface area contributed by atoms with E-state index in [-0.39, 0.29) is 32.3 Å². The molecule has 0 unspecified atom stereocenters. The quantitative estimate of drug-likeness (QED) is 0.569. The molecule has 0 atom stereocenters. The Hall–Kier alpha value is -0.957. The van der Waals surface area contributed by atoms with E-state index in [1.54, 1.807) is 12.2 Å². The molecule has 0 saturated carbocycles. The van der Waals surface area contributed by atoms with Crippen LogP contribution < -0.4 is 0 Å². The van der Waals surface area contributed by atoms with E-state index in [1.807, 2.05) is 0 Å². The molecule has 2 N–H and O–H groups in total. The Balaban J connectivity index is -0.000000180. The van der Waals surface area contributed by atoms with Gasteiger partial charge in [-0.1, -0.05) is 12.2 Å². The monoisotopic (exact) mass is 264 g/mol. The van der Waals surface area contributed by atoms with Crippen LogP contribution in [-0.4, -0.2) is 22.2 Å². The molecule has 82 valence electrons. The minimum Gasteiger partial charge on any atom is -0.481 e. The molecule has 5 heteroatoms. The van der Waals surface area contributed by atoms with Gasteiger partial charge in [-0.2, -0.15) is 0 Å². The standard InChI is InChI=1S/2C5H8O2.Zn/c2*1-2-3-4-5(6)7;/h2*2H,1,3-4H2,(H,6,7);.